The number of aliphatic imine (C=N–C) groups is 1. The fourth-order valence-corrected chi connectivity index (χ4v) is 3.76. The molecule has 15 heteroatoms. The van der Waals surface area contributed by atoms with Gasteiger partial charge < -0.3 is 53.5 Å². The predicted molar refractivity (Wildman–Crippen MR) is 142 cm³/mol. The largest absolute Gasteiger partial charge is 0.480 e. The quantitative estimate of drug-likeness (QED) is 0.0612. The Kier molecular flexibility index (Phi) is 11.7. The number of aromatic nitrogens is 1. The number of nitrogens with one attached hydrogen (secondary N) is 4. The van der Waals surface area contributed by atoms with Crippen molar-refractivity contribution in [3.63, 3.8) is 0 Å². The highest BCUT2D eigenvalue weighted by molar-refractivity contribution is 5.95. The third-order valence-electron chi connectivity index (χ3n) is 5.90. The van der Waals surface area contributed by atoms with Crippen molar-refractivity contribution in [2.75, 3.05) is 13.2 Å². The minimum Gasteiger partial charge on any atom is -0.480 e. The molecule has 1 aromatic carbocycles. The molecule has 1 aromatic heterocycles. The number of rotatable bonds is 15. The first-order valence-corrected chi connectivity index (χ1v) is 12.2. The summed E-state index contributed by atoms with van der Waals surface area (Å²) in [5.41, 5.74) is 18.1. The highest BCUT2D eigenvalue weighted by atomic mass is 16.4. The Bertz CT molecular complexity index is 1180. The number of benzene rings is 1. The molecule has 39 heavy (non-hydrogen) atoms. The van der Waals surface area contributed by atoms with Crippen LogP contribution in [0.1, 0.15) is 25.3 Å². The summed E-state index contributed by atoms with van der Waals surface area (Å²) in [6, 6.07) is 1.88. The van der Waals surface area contributed by atoms with Crippen LogP contribution in [0, 0.1) is 0 Å². The predicted octanol–water partition coefficient (Wildman–Crippen LogP) is -3.00. The van der Waals surface area contributed by atoms with Crippen molar-refractivity contribution in [1.82, 2.24) is 20.9 Å². The van der Waals surface area contributed by atoms with Gasteiger partial charge in [0.05, 0.1) is 18.8 Å². The second-order valence-electron chi connectivity index (χ2n) is 8.99. The standard InChI is InChI=1S/C24H36N8O7/c1-12(34)19(22(37)31-18(11-33)23(38)39)32-21(36)17(9-13-10-29-16-7-3-2-5-14(13)16)30-20(35)15(25)6-4-8-28-24(26)27/h2-3,5,7,10,12,15,17-19,29,33-34H,4,6,8-9,11,25H2,1H3,(H,30,35)(H,31,37)(H,32,36)(H,38,39)(H4,26,27,28). The third-order valence-corrected chi connectivity index (χ3v) is 5.90. The summed E-state index contributed by atoms with van der Waals surface area (Å²) in [7, 11) is 0. The molecule has 0 spiro atoms. The minimum atomic E-state index is -1.64. The van der Waals surface area contributed by atoms with Crippen LogP contribution in [0.25, 0.3) is 10.9 Å². The lowest BCUT2D eigenvalue weighted by Crippen LogP contribution is -2.60. The molecule has 1 heterocycles. The topological polar surface area (TPSA) is 271 Å². The fraction of sp³-hybridized carbons (Fsp3) is 0.458. The number of aliphatic carboxylic acids is 1. The Morgan fingerprint density at radius 1 is 1.03 bits per heavy atom. The number of hydrogen-bond donors (Lipinski definition) is 10. The molecule has 0 saturated carbocycles. The summed E-state index contributed by atoms with van der Waals surface area (Å²) >= 11 is 0. The van der Waals surface area contributed by atoms with Gasteiger partial charge >= 0.3 is 5.97 Å². The number of hydrogen-bond acceptors (Lipinski definition) is 8. The Balaban J connectivity index is 2.23. The number of amides is 3. The minimum absolute atomic E-state index is 0.00481. The number of fused-ring (bicyclic) bond motifs is 1. The Morgan fingerprint density at radius 3 is 2.31 bits per heavy atom. The number of nitrogens with zero attached hydrogens (tertiary/aromatic N) is 1. The van der Waals surface area contributed by atoms with E-state index >= 15 is 0 Å². The van der Waals surface area contributed by atoms with Crippen LogP contribution in [0.3, 0.4) is 0 Å². The van der Waals surface area contributed by atoms with Crippen molar-refractivity contribution >= 4 is 40.6 Å². The number of aliphatic hydroxyl groups is 2. The number of aromatic amines is 1. The first-order chi connectivity index (χ1) is 18.4. The first kappa shape index (κ1) is 31.0. The van der Waals surface area contributed by atoms with Crippen LogP contribution in [-0.2, 0) is 25.6 Å². The van der Waals surface area contributed by atoms with Crippen LogP contribution in [0.15, 0.2) is 35.5 Å². The third kappa shape index (κ3) is 9.24. The number of carbonyl (C=O) groups excluding carboxylic acids is 3. The monoisotopic (exact) mass is 548 g/mol. The molecule has 2 aromatic rings. The first-order valence-electron chi connectivity index (χ1n) is 12.2. The van der Waals surface area contributed by atoms with Crippen molar-refractivity contribution in [2.24, 2.45) is 22.2 Å². The SMILES string of the molecule is CC(O)C(NC(=O)C(Cc1c[nH]c2ccccc12)NC(=O)C(N)CCCN=C(N)N)C(=O)NC(CO)C(=O)O. The number of para-hydroxylation sites is 1. The van der Waals surface area contributed by atoms with Crippen molar-refractivity contribution in [1.29, 1.82) is 0 Å². The maximum Gasteiger partial charge on any atom is 0.328 e. The van der Waals surface area contributed by atoms with Crippen LogP contribution in [0.4, 0.5) is 0 Å². The summed E-state index contributed by atoms with van der Waals surface area (Å²) in [5.74, 6) is -4.08. The van der Waals surface area contributed by atoms with E-state index in [1.807, 2.05) is 24.3 Å². The lowest BCUT2D eigenvalue weighted by molar-refractivity contribution is -0.144. The van der Waals surface area contributed by atoms with Crippen LogP contribution >= 0.6 is 0 Å². The van der Waals surface area contributed by atoms with E-state index in [9.17, 15) is 29.4 Å². The normalized spacial score (nSPS) is 14.9. The molecule has 0 radical (unpaired) electrons. The van der Waals surface area contributed by atoms with Crippen LogP contribution in [0.5, 0.6) is 0 Å². The van der Waals surface area contributed by atoms with Gasteiger partial charge in [0.15, 0.2) is 5.96 Å². The van der Waals surface area contributed by atoms with Gasteiger partial charge in [-0.15, -0.1) is 0 Å². The molecule has 0 aliphatic heterocycles. The molecule has 3 amide bonds. The van der Waals surface area contributed by atoms with Gasteiger partial charge in [-0.05, 0) is 31.4 Å². The average molecular weight is 549 g/mol. The lowest BCUT2D eigenvalue weighted by Gasteiger charge is -2.26. The average Bonchev–Trinajstić information content (AvgIpc) is 3.29. The number of carboxylic acid groups (broad SMARTS) is 1. The molecule has 5 unspecified atom stereocenters. The van der Waals surface area contributed by atoms with Gasteiger partial charge in [-0.1, -0.05) is 18.2 Å². The Hall–Kier alpha value is -4.21. The molecular weight excluding hydrogens is 512 g/mol. The maximum absolute atomic E-state index is 13.3. The van der Waals surface area contributed by atoms with Crippen molar-refractivity contribution in [3.8, 4) is 0 Å². The van der Waals surface area contributed by atoms with Crippen molar-refractivity contribution in [3.05, 3.63) is 36.0 Å². The van der Waals surface area contributed by atoms with E-state index in [0.29, 0.717) is 12.0 Å². The number of guanidine groups is 1. The Labute approximate surface area is 224 Å². The molecule has 0 fully saturated rings. The maximum atomic E-state index is 13.3. The van der Waals surface area contributed by atoms with E-state index in [-0.39, 0.29) is 25.3 Å². The summed E-state index contributed by atoms with van der Waals surface area (Å²) in [5, 5.41) is 36.3. The van der Waals surface area contributed by atoms with E-state index in [1.165, 1.54) is 6.92 Å². The highest BCUT2D eigenvalue weighted by Gasteiger charge is 2.33. The van der Waals surface area contributed by atoms with E-state index in [1.54, 1.807) is 6.20 Å². The number of carboxylic acids is 1. The summed E-state index contributed by atoms with van der Waals surface area (Å²) in [6.45, 7) is 0.583. The smallest absolute Gasteiger partial charge is 0.328 e. The molecule has 2 rings (SSSR count). The summed E-state index contributed by atoms with van der Waals surface area (Å²) in [6.07, 6.45) is 0.880. The van der Waals surface area contributed by atoms with Gasteiger partial charge in [0.1, 0.15) is 18.1 Å². The zero-order valence-electron chi connectivity index (χ0n) is 21.5. The van der Waals surface area contributed by atoms with Gasteiger partial charge in [-0.2, -0.15) is 0 Å². The number of carbonyl (C=O) groups is 4. The molecule has 5 atom stereocenters. The molecule has 0 saturated heterocycles. The van der Waals surface area contributed by atoms with Crippen LogP contribution < -0.4 is 33.2 Å². The molecule has 0 aliphatic carbocycles. The second-order valence-corrected chi connectivity index (χ2v) is 8.99. The van der Waals surface area contributed by atoms with E-state index in [4.69, 9.17) is 22.3 Å². The molecular formula is C24H36N8O7. The number of nitrogens with two attached hydrogens (primary N) is 3. The van der Waals surface area contributed by atoms with Gasteiger partial charge in [0.25, 0.3) is 0 Å². The van der Waals surface area contributed by atoms with Crippen molar-refractivity contribution in [2.45, 2.75) is 56.5 Å². The number of H-pyrrole nitrogens is 1. The second kappa shape index (κ2) is 14.7. The van der Waals surface area contributed by atoms with Gasteiger partial charge in [0, 0.05) is 30.1 Å². The molecule has 0 aliphatic rings. The van der Waals surface area contributed by atoms with E-state index < -0.39 is 60.6 Å². The van der Waals surface area contributed by atoms with Gasteiger partial charge in [0.2, 0.25) is 17.7 Å². The van der Waals surface area contributed by atoms with Gasteiger partial charge in [-0.3, -0.25) is 19.4 Å². The Morgan fingerprint density at radius 2 is 1.69 bits per heavy atom. The lowest BCUT2D eigenvalue weighted by atomic mass is 10.0. The zero-order valence-corrected chi connectivity index (χ0v) is 21.5. The fourth-order valence-electron chi connectivity index (χ4n) is 3.76. The summed E-state index contributed by atoms with van der Waals surface area (Å²) < 4.78 is 0. The molecule has 0 bridgehead atoms. The summed E-state index contributed by atoms with van der Waals surface area (Å²) in [4.78, 5) is 56.9. The highest BCUT2D eigenvalue weighted by Crippen LogP contribution is 2.19. The van der Waals surface area contributed by atoms with Crippen LogP contribution in [0.2, 0.25) is 0 Å². The van der Waals surface area contributed by atoms with E-state index in [2.05, 4.69) is 25.9 Å². The van der Waals surface area contributed by atoms with Gasteiger partial charge in [-0.25, -0.2) is 4.79 Å². The van der Waals surface area contributed by atoms with E-state index in [0.717, 1.165) is 10.9 Å². The molecule has 214 valence electrons. The van der Waals surface area contributed by atoms with Crippen LogP contribution in [-0.4, -0.2) is 93.4 Å². The molecule has 13 N–H and O–H groups in total. The van der Waals surface area contributed by atoms with Crippen molar-refractivity contribution < 1.29 is 34.5 Å². The zero-order chi connectivity index (χ0) is 29.1. The molecule has 15 nitrogen and oxygen atoms in total. The number of aliphatic hydroxyl groups excluding tert-OH is 2.